The Kier molecular flexibility index (Phi) is 24.6. The molecule has 172 valence electrons. The van der Waals surface area contributed by atoms with E-state index in [2.05, 4.69) is 0 Å². The van der Waals surface area contributed by atoms with Gasteiger partial charge in [0.15, 0.2) is 12.8 Å². The summed E-state index contributed by atoms with van der Waals surface area (Å²) in [4.78, 5) is 33.8. The molecule has 0 spiro atoms. The van der Waals surface area contributed by atoms with Gasteiger partial charge in [-0.05, 0) is 0 Å². The predicted molar refractivity (Wildman–Crippen MR) is 122 cm³/mol. The molecule has 6 nitrogen and oxygen atoms in total. The van der Waals surface area contributed by atoms with Gasteiger partial charge in [-0.1, -0.05) is 64.2 Å². The van der Waals surface area contributed by atoms with Crippen LogP contribution in [0.3, 0.4) is 0 Å². The molecule has 6 N–H and O–H groups in total. The van der Waals surface area contributed by atoms with Crippen molar-refractivity contribution in [1.29, 1.82) is 0 Å². The van der Waals surface area contributed by atoms with Crippen LogP contribution in [0.2, 0.25) is 0 Å². The molecule has 29 heavy (non-hydrogen) atoms. The van der Waals surface area contributed by atoms with Crippen LogP contribution in [-0.2, 0) is 16.5 Å². The Hall–Kier alpha value is -0.906. The topological polar surface area (TPSA) is 133 Å². The van der Waals surface area contributed by atoms with Crippen LogP contribution in [0.4, 0.5) is 0 Å². The number of hydrogen-bond acceptors (Lipinski definition) is 0. The quantitative estimate of drug-likeness (QED) is 0.288. The summed E-state index contributed by atoms with van der Waals surface area (Å²) in [5, 5.41) is 0. The average molecular weight is 459 g/mol. The first-order chi connectivity index (χ1) is 13.0. The molecule has 0 saturated heterocycles. The van der Waals surface area contributed by atoms with Crippen LogP contribution in [0, 0.1) is 0 Å². The molecule has 0 radical (unpaired) electrons. The minimum absolute atomic E-state index is 0. The van der Waals surface area contributed by atoms with Gasteiger partial charge in [0, 0.05) is 27.7 Å². The van der Waals surface area contributed by atoms with Crippen LogP contribution < -0.4 is 0 Å². The third-order valence-electron chi connectivity index (χ3n) is 4.23. The van der Waals surface area contributed by atoms with E-state index in [1.165, 1.54) is 38.5 Å². The fourth-order valence-corrected chi connectivity index (χ4v) is 2.95. The maximum atomic E-state index is 8.46. The smallest absolute Gasteiger partial charge is 0.675 e. The van der Waals surface area contributed by atoms with Crippen LogP contribution in [0.15, 0.2) is 0 Å². The van der Waals surface area contributed by atoms with E-state index in [-0.39, 0.29) is 51.7 Å². The maximum absolute atomic E-state index is 8.46. The van der Waals surface area contributed by atoms with Crippen molar-refractivity contribution < 1.29 is 35.7 Å². The Labute approximate surface area is 187 Å². The molecule has 2 fully saturated rings. The minimum atomic E-state index is 0. The van der Waals surface area contributed by atoms with Crippen molar-refractivity contribution >= 4 is 23.1 Å². The second-order valence-corrected chi connectivity index (χ2v) is 7.96. The van der Waals surface area contributed by atoms with Crippen molar-refractivity contribution in [2.24, 2.45) is 0 Å². The standard InChI is InChI=1S/2C6H12N.2C5H8O2.Ni/c2*7-6-4-2-1-3-5-6;2*1-4(6)3-5(2)7;/h2*6-7H,1-5H2;2*3H2,1-2H3;/q2*-1;;;+2/p+4. The van der Waals surface area contributed by atoms with Gasteiger partial charge >= 0.3 is 39.6 Å². The van der Waals surface area contributed by atoms with E-state index in [0.29, 0.717) is 12.8 Å². The summed E-state index contributed by atoms with van der Waals surface area (Å²) < 4.78 is 0. The fourth-order valence-electron chi connectivity index (χ4n) is 2.95. The first kappa shape index (κ1) is 32.8. The molecule has 0 aromatic carbocycles. The van der Waals surface area contributed by atoms with Gasteiger partial charge in [-0.3, -0.25) is 19.2 Å². The average Bonchev–Trinajstić information content (AvgIpc) is 2.55. The summed E-state index contributed by atoms with van der Waals surface area (Å²) in [5.41, 5.74) is 14.5. The largest absolute Gasteiger partial charge is 2.00 e. The molecule has 0 aromatic rings. The van der Waals surface area contributed by atoms with Gasteiger partial charge in [0.05, 0.1) is 0 Å². The summed E-state index contributed by atoms with van der Waals surface area (Å²) in [6, 6.07) is 0.572. The number of hydrogen-bond donors (Lipinski definition) is 0. The van der Waals surface area contributed by atoms with Gasteiger partial charge < -0.3 is 11.5 Å². The van der Waals surface area contributed by atoms with Crippen molar-refractivity contribution in [2.45, 2.75) is 117 Å². The van der Waals surface area contributed by atoms with Gasteiger partial charge in [-0.25, -0.2) is 0 Å². The molecule has 0 bridgehead atoms. The number of ketones is 4. The van der Waals surface area contributed by atoms with E-state index < -0.39 is 0 Å². The van der Waals surface area contributed by atoms with Gasteiger partial charge in [-0.2, -0.15) is 0 Å². The summed E-state index contributed by atoms with van der Waals surface area (Å²) in [6.45, 7) is 6.22. The number of carbonyl (C=O) groups excluding carboxylic acids is 4. The second-order valence-electron chi connectivity index (χ2n) is 7.96. The van der Waals surface area contributed by atoms with Gasteiger partial charge in [0.2, 0.25) is 0 Å². The van der Waals surface area contributed by atoms with Crippen molar-refractivity contribution in [1.82, 2.24) is 0 Å². The molecule has 0 atom stereocenters. The SMILES string of the molecule is CC(=[OH+])CC(C)=[OH+].CC(=[OH+])CC(C)=[OH+].[NH-]C1CCCCC1.[NH-]C1CCCCC1.[Ni+2]. The zero-order valence-corrected chi connectivity index (χ0v) is 19.7. The zero-order chi connectivity index (χ0) is 21.9. The number of nitrogens with one attached hydrogen (secondary N) is 2. The molecule has 0 heterocycles. The maximum Gasteiger partial charge on any atom is 2.00 e. The molecular weight excluding hydrogens is 415 g/mol. The third-order valence-corrected chi connectivity index (χ3v) is 4.23. The molecule has 0 aliphatic heterocycles. The molecule has 0 unspecified atom stereocenters. The third kappa shape index (κ3) is 32.0. The van der Waals surface area contributed by atoms with Gasteiger partial charge in [0.1, 0.15) is 0 Å². The summed E-state index contributed by atoms with van der Waals surface area (Å²) in [6.07, 6.45) is 13.2. The number of rotatable bonds is 4. The zero-order valence-electron chi connectivity index (χ0n) is 18.7. The van der Waals surface area contributed by atoms with Crippen LogP contribution in [0.1, 0.15) is 105 Å². The van der Waals surface area contributed by atoms with Crippen LogP contribution >= 0.6 is 0 Å². The molecule has 0 amide bonds. The van der Waals surface area contributed by atoms with E-state index >= 15 is 0 Å². The van der Waals surface area contributed by atoms with Gasteiger partial charge in [0.25, 0.3) is 0 Å². The first-order valence-electron chi connectivity index (χ1n) is 10.5. The van der Waals surface area contributed by atoms with E-state index in [1.54, 1.807) is 27.7 Å². The minimum Gasteiger partial charge on any atom is -0.675 e. The Morgan fingerprint density at radius 3 is 0.828 bits per heavy atom. The molecule has 2 aliphatic carbocycles. The van der Waals surface area contributed by atoms with Crippen molar-refractivity contribution in [3.8, 4) is 0 Å². The summed E-state index contributed by atoms with van der Waals surface area (Å²) >= 11 is 0. The van der Waals surface area contributed by atoms with Crippen LogP contribution in [0.25, 0.3) is 11.5 Å². The van der Waals surface area contributed by atoms with Crippen LogP contribution in [-0.4, -0.2) is 54.4 Å². The monoisotopic (exact) mass is 458 g/mol. The first-order valence-corrected chi connectivity index (χ1v) is 10.5. The fraction of sp³-hybridized carbons (Fsp3) is 0.818. The Morgan fingerprint density at radius 2 is 0.759 bits per heavy atom. The predicted octanol–water partition coefficient (Wildman–Crippen LogP) is 5.75. The summed E-state index contributed by atoms with van der Waals surface area (Å²) in [5.74, 6) is 1.00. The van der Waals surface area contributed by atoms with Crippen molar-refractivity contribution in [3.63, 3.8) is 0 Å². The Balaban J connectivity index is -0.000000307. The van der Waals surface area contributed by atoms with Gasteiger partial charge in [-0.15, -0.1) is 12.1 Å². The normalized spacial score (nSPS) is 16.2. The summed E-state index contributed by atoms with van der Waals surface area (Å²) in [7, 11) is 0. The molecule has 2 aliphatic rings. The Morgan fingerprint density at radius 1 is 0.552 bits per heavy atom. The van der Waals surface area contributed by atoms with Crippen molar-refractivity contribution in [2.75, 3.05) is 0 Å². The van der Waals surface area contributed by atoms with E-state index in [9.17, 15) is 0 Å². The Bertz CT molecular complexity index is 392. The van der Waals surface area contributed by atoms with E-state index in [1.807, 2.05) is 0 Å². The molecule has 7 heteroatoms. The van der Waals surface area contributed by atoms with Crippen LogP contribution in [0.5, 0.6) is 0 Å². The van der Waals surface area contributed by atoms with Crippen molar-refractivity contribution in [3.05, 3.63) is 11.5 Å². The molecule has 0 aromatic heterocycles. The van der Waals surface area contributed by atoms with E-state index in [0.717, 1.165) is 25.7 Å². The van der Waals surface area contributed by atoms with E-state index in [4.69, 9.17) is 30.6 Å². The molecular formula is C22H44N2NiO4+4. The second kappa shape index (κ2) is 21.8. The molecule has 2 saturated carbocycles. The molecule has 2 rings (SSSR count).